The smallest absolute Gasteiger partial charge is 0.326 e. The van der Waals surface area contributed by atoms with E-state index in [0.29, 0.717) is 17.9 Å². The van der Waals surface area contributed by atoms with Crippen LogP contribution in [0.3, 0.4) is 0 Å². The fourth-order valence-electron chi connectivity index (χ4n) is 2.52. The minimum Gasteiger partial charge on any atom is -0.480 e. The number of carboxylic acids is 1. The van der Waals surface area contributed by atoms with Crippen molar-refractivity contribution in [1.29, 1.82) is 5.26 Å². The Morgan fingerprint density at radius 2 is 2.42 bits per heavy atom. The van der Waals surface area contributed by atoms with Crippen molar-refractivity contribution >= 4 is 23.4 Å². The number of aliphatic carboxylic acids is 1. The van der Waals surface area contributed by atoms with Gasteiger partial charge in [-0.25, -0.2) is 9.78 Å². The lowest BCUT2D eigenvalue weighted by Gasteiger charge is -2.38. The molecule has 0 saturated carbocycles. The summed E-state index contributed by atoms with van der Waals surface area (Å²) in [5, 5.41) is 18.6. The van der Waals surface area contributed by atoms with Gasteiger partial charge in [-0.05, 0) is 24.8 Å². The average molecular weight is 280 g/mol. The lowest BCUT2D eigenvalue weighted by atomic mass is 9.91. The van der Waals surface area contributed by atoms with E-state index in [0.717, 1.165) is 12.8 Å². The molecule has 6 heteroatoms. The minimum atomic E-state index is -0.882. The quantitative estimate of drug-likeness (QED) is 0.899. The molecule has 0 bridgehead atoms. The van der Waals surface area contributed by atoms with E-state index in [-0.39, 0.29) is 10.9 Å². The Balaban J connectivity index is 2.44. The molecule has 1 N–H and O–H groups in total. The number of carbonyl (C=O) groups is 1. The summed E-state index contributed by atoms with van der Waals surface area (Å²) in [7, 11) is 0. The number of pyridine rings is 1. The number of carboxylic acid groups (broad SMARTS) is 1. The number of hydrogen-bond donors (Lipinski definition) is 1. The highest BCUT2D eigenvalue weighted by Crippen LogP contribution is 2.33. The fraction of sp³-hybridized carbons (Fsp3) is 0.462. The van der Waals surface area contributed by atoms with Gasteiger partial charge in [0.2, 0.25) is 0 Å². The van der Waals surface area contributed by atoms with Crippen molar-refractivity contribution in [2.24, 2.45) is 5.92 Å². The van der Waals surface area contributed by atoms with E-state index in [4.69, 9.17) is 16.9 Å². The van der Waals surface area contributed by atoms with E-state index in [2.05, 4.69) is 4.98 Å². The number of rotatable bonds is 2. The van der Waals surface area contributed by atoms with Crippen LogP contribution in [0.5, 0.6) is 0 Å². The van der Waals surface area contributed by atoms with Gasteiger partial charge in [0, 0.05) is 12.7 Å². The number of anilines is 1. The Morgan fingerprint density at radius 3 is 3.05 bits per heavy atom. The predicted octanol–water partition coefficient (Wildman–Crippen LogP) is 2.30. The molecule has 1 fully saturated rings. The minimum absolute atomic E-state index is 0.0230. The molecule has 1 aromatic rings. The molecular weight excluding hydrogens is 266 g/mol. The zero-order valence-electron chi connectivity index (χ0n) is 10.5. The van der Waals surface area contributed by atoms with Crippen molar-refractivity contribution in [2.45, 2.75) is 25.8 Å². The Kier molecular flexibility index (Phi) is 3.91. The van der Waals surface area contributed by atoms with Gasteiger partial charge in [0.1, 0.15) is 23.0 Å². The molecule has 1 aliphatic rings. The second-order valence-electron chi connectivity index (χ2n) is 4.70. The Bertz CT molecular complexity index is 541. The van der Waals surface area contributed by atoms with Gasteiger partial charge in [-0.3, -0.25) is 0 Å². The van der Waals surface area contributed by atoms with Gasteiger partial charge < -0.3 is 10.0 Å². The SMILES string of the molecule is CC1CCCN(c2nccc(C#N)c2Cl)C1C(=O)O. The molecule has 0 spiro atoms. The van der Waals surface area contributed by atoms with Crippen LogP contribution in [0.15, 0.2) is 12.3 Å². The number of piperidine rings is 1. The highest BCUT2D eigenvalue weighted by atomic mass is 35.5. The zero-order valence-corrected chi connectivity index (χ0v) is 11.3. The maximum atomic E-state index is 11.4. The van der Waals surface area contributed by atoms with Crippen LogP contribution in [0, 0.1) is 17.2 Å². The molecule has 0 radical (unpaired) electrons. The summed E-state index contributed by atoms with van der Waals surface area (Å²) >= 11 is 6.14. The van der Waals surface area contributed by atoms with E-state index in [1.807, 2.05) is 13.0 Å². The second-order valence-corrected chi connectivity index (χ2v) is 5.08. The lowest BCUT2D eigenvalue weighted by molar-refractivity contribution is -0.140. The summed E-state index contributed by atoms with van der Waals surface area (Å²) in [4.78, 5) is 17.3. The lowest BCUT2D eigenvalue weighted by Crippen LogP contribution is -2.49. The van der Waals surface area contributed by atoms with Gasteiger partial charge >= 0.3 is 5.97 Å². The molecule has 1 saturated heterocycles. The first-order valence-electron chi connectivity index (χ1n) is 6.10. The molecule has 0 aliphatic carbocycles. The summed E-state index contributed by atoms with van der Waals surface area (Å²) in [6.45, 7) is 2.50. The molecule has 100 valence electrons. The Morgan fingerprint density at radius 1 is 1.68 bits per heavy atom. The fourth-order valence-corrected chi connectivity index (χ4v) is 2.78. The van der Waals surface area contributed by atoms with Gasteiger partial charge in [-0.15, -0.1) is 0 Å². The molecule has 1 aliphatic heterocycles. The topological polar surface area (TPSA) is 77.2 Å². The highest BCUT2D eigenvalue weighted by molar-refractivity contribution is 6.34. The number of nitrogens with zero attached hydrogens (tertiary/aromatic N) is 3. The van der Waals surface area contributed by atoms with Crippen molar-refractivity contribution < 1.29 is 9.90 Å². The van der Waals surface area contributed by atoms with Gasteiger partial charge in [-0.1, -0.05) is 18.5 Å². The predicted molar refractivity (Wildman–Crippen MR) is 71.1 cm³/mol. The maximum absolute atomic E-state index is 11.4. The van der Waals surface area contributed by atoms with Crippen molar-refractivity contribution in [2.75, 3.05) is 11.4 Å². The molecule has 2 heterocycles. The highest BCUT2D eigenvalue weighted by Gasteiger charge is 2.36. The zero-order chi connectivity index (χ0) is 14.0. The molecule has 19 heavy (non-hydrogen) atoms. The molecule has 1 aromatic heterocycles. The van der Waals surface area contributed by atoms with Crippen LogP contribution in [0.1, 0.15) is 25.3 Å². The third-order valence-corrected chi connectivity index (χ3v) is 3.82. The third kappa shape index (κ3) is 2.49. The largest absolute Gasteiger partial charge is 0.480 e. The summed E-state index contributed by atoms with van der Waals surface area (Å²) < 4.78 is 0. The average Bonchev–Trinajstić information content (AvgIpc) is 2.38. The number of halogens is 1. The molecule has 2 unspecified atom stereocenters. The van der Waals surface area contributed by atoms with Gasteiger partial charge in [0.15, 0.2) is 0 Å². The molecule has 0 aromatic carbocycles. The molecule has 0 amide bonds. The van der Waals surface area contributed by atoms with Crippen molar-refractivity contribution in [3.05, 3.63) is 22.8 Å². The molecule has 2 atom stereocenters. The maximum Gasteiger partial charge on any atom is 0.326 e. The summed E-state index contributed by atoms with van der Waals surface area (Å²) in [6.07, 6.45) is 3.24. The van der Waals surface area contributed by atoms with Crippen LogP contribution in [0.4, 0.5) is 5.82 Å². The third-order valence-electron chi connectivity index (χ3n) is 3.45. The van der Waals surface area contributed by atoms with Crippen LogP contribution in [0.25, 0.3) is 0 Å². The monoisotopic (exact) mass is 279 g/mol. The summed E-state index contributed by atoms with van der Waals surface area (Å²) in [6, 6.07) is 2.86. The Hall–Kier alpha value is -1.80. The van der Waals surface area contributed by atoms with Crippen molar-refractivity contribution in [3.8, 4) is 6.07 Å². The van der Waals surface area contributed by atoms with Crippen LogP contribution in [-0.2, 0) is 4.79 Å². The van der Waals surface area contributed by atoms with E-state index in [1.54, 1.807) is 4.90 Å². The van der Waals surface area contributed by atoms with Crippen molar-refractivity contribution in [1.82, 2.24) is 4.98 Å². The van der Waals surface area contributed by atoms with Crippen molar-refractivity contribution in [3.63, 3.8) is 0 Å². The van der Waals surface area contributed by atoms with Gasteiger partial charge in [0.25, 0.3) is 0 Å². The molecule has 5 nitrogen and oxygen atoms in total. The van der Waals surface area contributed by atoms with Gasteiger partial charge in [0.05, 0.1) is 5.56 Å². The summed E-state index contributed by atoms with van der Waals surface area (Å²) in [5.74, 6) is -0.470. The first-order valence-corrected chi connectivity index (χ1v) is 6.48. The second kappa shape index (κ2) is 5.45. The number of hydrogen-bond acceptors (Lipinski definition) is 4. The van der Waals surface area contributed by atoms with Gasteiger partial charge in [-0.2, -0.15) is 5.26 Å². The first kappa shape index (κ1) is 13.6. The number of nitriles is 1. The van der Waals surface area contributed by atoms with Crippen LogP contribution in [0.2, 0.25) is 5.02 Å². The molecular formula is C13H14ClN3O2. The molecule has 2 rings (SSSR count). The van der Waals surface area contributed by atoms with E-state index in [9.17, 15) is 9.90 Å². The van der Waals surface area contributed by atoms with Crippen LogP contribution >= 0.6 is 11.6 Å². The standard InChI is InChI=1S/C13H14ClN3O2/c1-8-3-2-6-17(11(8)13(18)19)12-10(14)9(7-15)4-5-16-12/h4-5,8,11H,2-3,6H2,1H3,(H,18,19). The van der Waals surface area contributed by atoms with Crippen LogP contribution in [-0.4, -0.2) is 28.6 Å². The Labute approximate surface area is 116 Å². The first-order chi connectivity index (χ1) is 9.06. The van der Waals surface area contributed by atoms with E-state index >= 15 is 0 Å². The summed E-state index contributed by atoms with van der Waals surface area (Å²) in [5.41, 5.74) is 0.314. The normalized spacial score (nSPS) is 22.9. The van der Waals surface area contributed by atoms with Crippen LogP contribution < -0.4 is 4.90 Å². The number of aromatic nitrogens is 1. The van der Waals surface area contributed by atoms with E-state index < -0.39 is 12.0 Å². The van der Waals surface area contributed by atoms with E-state index in [1.165, 1.54) is 12.3 Å².